The number of aliphatic hydroxyl groups excluding tert-OH is 1. The maximum absolute atomic E-state index is 15.8. The van der Waals surface area contributed by atoms with Gasteiger partial charge in [-0.25, -0.2) is 9.59 Å². The number of rotatable bonds is 11. The van der Waals surface area contributed by atoms with Crippen molar-refractivity contribution in [3.05, 3.63) is 119 Å². The van der Waals surface area contributed by atoms with E-state index < -0.39 is 119 Å². The zero-order valence-corrected chi connectivity index (χ0v) is 37.1. The molecule has 1 saturated heterocycles. The molecule has 2 bridgehead atoms. The first kappa shape index (κ1) is 46.8. The van der Waals surface area contributed by atoms with Gasteiger partial charge in [-0.3, -0.25) is 24.0 Å². The molecule has 0 spiro atoms. The smallest absolute Gasteiger partial charge is 0.338 e. The lowest BCUT2D eigenvalue weighted by Crippen LogP contribution is -2.82. The van der Waals surface area contributed by atoms with Crippen LogP contribution in [-0.2, 0) is 52.4 Å². The van der Waals surface area contributed by atoms with Gasteiger partial charge in [0.1, 0.15) is 30.0 Å². The van der Waals surface area contributed by atoms with Crippen molar-refractivity contribution in [3.63, 3.8) is 0 Å². The standard InChI is InChI=1S/C49H53NO15/c1-26-33(63-45(58)38(54)37(30-17-11-8-12-18-30)50-43(56)31-19-13-9-14-20-31)24-49(59)42(64-44(57)32-21-15-10-16-22-32)40-47(7,41(55)39(62-28(3)52)36(26)46(49,5)6)34(61-27(2)51)23-35-48(40,25-60-35)65-29(4)53/h8-22,33-35,37-40,42,54,59H,23-25H2,1-7H3,(H,50,56)/t33?,34?,35?,37?,38?,39?,40?,42?,47-,48+,49-/m1/s1. The number of benzene rings is 3. The van der Waals surface area contributed by atoms with Gasteiger partial charge in [0.15, 0.2) is 23.6 Å². The van der Waals surface area contributed by atoms with Gasteiger partial charge >= 0.3 is 29.8 Å². The Morgan fingerprint density at radius 2 is 1.34 bits per heavy atom. The Morgan fingerprint density at radius 3 is 1.88 bits per heavy atom. The average molecular weight is 896 g/mol. The summed E-state index contributed by atoms with van der Waals surface area (Å²) >= 11 is 0. The number of amides is 1. The van der Waals surface area contributed by atoms with Gasteiger partial charge in [-0.05, 0) is 54.8 Å². The molecule has 8 unspecified atom stereocenters. The summed E-state index contributed by atoms with van der Waals surface area (Å²) in [7, 11) is 0. The molecule has 3 aliphatic carbocycles. The van der Waals surface area contributed by atoms with Crippen LogP contribution in [0.15, 0.2) is 102 Å². The van der Waals surface area contributed by atoms with Gasteiger partial charge in [-0.1, -0.05) is 80.6 Å². The number of hydrogen-bond donors (Lipinski definition) is 3. The monoisotopic (exact) mass is 895 g/mol. The fraction of sp³-hybridized carbons (Fsp3) is 0.449. The lowest BCUT2D eigenvalue weighted by atomic mass is 9.44. The number of carbonyl (C=O) groups excluding carboxylic acids is 7. The fourth-order valence-electron chi connectivity index (χ4n) is 10.5. The third-order valence-corrected chi connectivity index (χ3v) is 13.8. The van der Waals surface area contributed by atoms with Crippen molar-refractivity contribution in [2.75, 3.05) is 6.61 Å². The highest BCUT2D eigenvalue weighted by Gasteiger charge is 2.79. The normalized spacial score (nSPS) is 30.8. The van der Waals surface area contributed by atoms with Crippen molar-refractivity contribution in [3.8, 4) is 0 Å². The zero-order chi connectivity index (χ0) is 47.2. The molecule has 16 nitrogen and oxygen atoms in total. The molecule has 1 amide bonds. The number of esters is 5. The average Bonchev–Trinajstić information content (AvgIpc) is 3.26. The molecule has 3 N–H and O–H groups in total. The van der Waals surface area contributed by atoms with Crippen LogP contribution >= 0.6 is 0 Å². The molecule has 3 fully saturated rings. The van der Waals surface area contributed by atoms with Crippen LogP contribution in [0.25, 0.3) is 0 Å². The van der Waals surface area contributed by atoms with E-state index in [4.69, 9.17) is 28.4 Å². The number of ketones is 1. The van der Waals surface area contributed by atoms with E-state index in [9.17, 15) is 39.0 Å². The molecule has 4 aliphatic rings. The van der Waals surface area contributed by atoms with Crippen LogP contribution in [0.4, 0.5) is 0 Å². The summed E-state index contributed by atoms with van der Waals surface area (Å²) in [6.45, 7) is 9.08. The molecular weight excluding hydrogens is 843 g/mol. The fourth-order valence-corrected chi connectivity index (χ4v) is 10.5. The van der Waals surface area contributed by atoms with Gasteiger partial charge in [-0.15, -0.1) is 0 Å². The zero-order valence-electron chi connectivity index (χ0n) is 37.1. The summed E-state index contributed by atoms with van der Waals surface area (Å²) in [5, 5.41) is 28.4. The predicted molar refractivity (Wildman–Crippen MR) is 227 cm³/mol. The number of nitrogens with one attached hydrogen (secondary N) is 1. The molecule has 3 aromatic carbocycles. The number of carbonyl (C=O) groups is 7. The molecule has 1 aliphatic heterocycles. The van der Waals surface area contributed by atoms with Crippen LogP contribution in [-0.4, -0.2) is 106 Å². The molecule has 0 aromatic heterocycles. The molecule has 3 aromatic rings. The molecule has 1 heterocycles. The number of hydrogen-bond acceptors (Lipinski definition) is 15. The second kappa shape index (κ2) is 17.6. The van der Waals surface area contributed by atoms with Gasteiger partial charge in [0.25, 0.3) is 5.91 Å². The molecule has 65 heavy (non-hydrogen) atoms. The highest BCUT2D eigenvalue weighted by atomic mass is 16.6. The largest absolute Gasteiger partial charge is 0.461 e. The molecule has 16 heteroatoms. The number of ether oxygens (including phenoxy) is 6. The van der Waals surface area contributed by atoms with Gasteiger partial charge in [0.05, 0.1) is 29.5 Å². The highest BCUT2D eigenvalue weighted by molar-refractivity contribution is 5.96. The van der Waals surface area contributed by atoms with Crippen molar-refractivity contribution in [2.45, 2.75) is 115 Å². The Balaban J connectivity index is 1.42. The van der Waals surface area contributed by atoms with E-state index in [1.165, 1.54) is 26.0 Å². The van der Waals surface area contributed by atoms with E-state index in [0.717, 1.165) is 20.8 Å². The summed E-state index contributed by atoms with van der Waals surface area (Å²) in [6.07, 6.45) is -10.5. The first-order chi connectivity index (χ1) is 30.7. The van der Waals surface area contributed by atoms with Crippen molar-refractivity contribution in [1.29, 1.82) is 0 Å². The van der Waals surface area contributed by atoms with E-state index >= 15 is 4.79 Å². The molecule has 344 valence electrons. The van der Waals surface area contributed by atoms with E-state index in [2.05, 4.69) is 5.32 Å². The lowest BCUT2D eigenvalue weighted by Gasteiger charge is -2.67. The topological polar surface area (TPSA) is 227 Å². The van der Waals surface area contributed by atoms with Crippen molar-refractivity contribution < 1.29 is 72.2 Å². The molecule has 0 radical (unpaired) electrons. The van der Waals surface area contributed by atoms with Crippen LogP contribution in [0.5, 0.6) is 0 Å². The quantitative estimate of drug-likeness (QED) is 0.139. The van der Waals surface area contributed by atoms with E-state index in [-0.39, 0.29) is 35.3 Å². The van der Waals surface area contributed by atoms with E-state index in [1.54, 1.807) is 92.7 Å². The van der Waals surface area contributed by atoms with Crippen molar-refractivity contribution >= 4 is 41.5 Å². The van der Waals surface area contributed by atoms with Crippen LogP contribution in [0, 0.1) is 16.7 Å². The molecule has 11 atom stereocenters. The van der Waals surface area contributed by atoms with Crippen LogP contribution in [0.3, 0.4) is 0 Å². The van der Waals surface area contributed by atoms with Crippen molar-refractivity contribution in [1.82, 2.24) is 5.32 Å². The van der Waals surface area contributed by atoms with Crippen LogP contribution < -0.4 is 5.32 Å². The van der Waals surface area contributed by atoms with Crippen LogP contribution in [0.2, 0.25) is 0 Å². The Kier molecular flexibility index (Phi) is 12.7. The van der Waals surface area contributed by atoms with E-state index in [0.29, 0.717) is 5.56 Å². The second-order valence-corrected chi connectivity index (χ2v) is 17.9. The summed E-state index contributed by atoms with van der Waals surface area (Å²) in [5.41, 5.74) is -7.22. The minimum Gasteiger partial charge on any atom is -0.461 e. The Bertz CT molecular complexity index is 2400. The summed E-state index contributed by atoms with van der Waals surface area (Å²) in [5.74, 6) is -7.75. The predicted octanol–water partition coefficient (Wildman–Crippen LogP) is 4.31. The molecular formula is C49H53NO15. The van der Waals surface area contributed by atoms with Crippen molar-refractivity contribution in [2.24, 2.45) is 16.7 Å². The minimum atomic E-state index is -2.43. The van der Waals surface area contributed by atoms with Gasteiger partial charge in [-0.2, -0.15) is 0 Å². The third-order valence-electron chi connectivity index (χ3n) is 13.8. The highest BCUT2D eigenvalue weighted by Crippen LogP contribution is 2.65. The molecule has 7 rings (SSSR count). The van der Waals surface area contributed by atoms with E-state index in [1.807, 2.05) is 0 Å². The molecule has 2 saturated carbocycles. The van der Waals surface area contributed by atoms with Gasteiger partial charge < -0.3 is 44.0 Å². The maximum Gasteiger partial charge on any atom is 0.338 e. The first-order valence-electron chi connectivity index (χ1n) is 21.4. The van der Waals surface area contributed by atoms with Crippen LogP contribution in [0.1, 0.15) is 93.6 Å². The second-order valence-electron chi connectivity index (χ2n) is 17.9. The Hall–Kier alpha value is -6.23. The third kappa shape index (κ3) is 8.12. The SMILES string of the molecule is CC(=O)OC1C(=O)[C@]2(C)C(OC(C)=O)CC3OC[C@@]3(OC(C)=O)C2C(OC(=O)c2ccccc2)[C@]2(O)CC(OC(=O)C(O)C(NC(=O)c3ccccc3)c3ccccc3)C(C)=C1C2(C)C. The summed E-state index contributed by atoms with van der Waals surface area (Å²) in [6, 6.07) is 22.8. The summed E-state index contributed by atoms with van der Waals surface area (Å²) in [4.78, 5) is 97.3. The minimum absolute atomic E-state index is 0.0220. The summed E-state index contributed by atoms with van der Waals surface area (Å²) < 4.78 is 36.5. The van der Waals surface area contributed by atoms with Gasteiger partial charge in [0, 0.05) is 44.6 Å². The maximum atomic E-state index is 15.8. The number of Topliss-reactive ketones (excluding diaryl/α,β-unsaturated/α-hetero) is 1. The Labute approximate surface area is 375 Å². The first-order valence-corrected chi connectivity index (χ1v) is 21.4. The Morgan fingerprint density at radius 1 is 0.769 bits per heavy atom. The number of aliphatic hydroxyl groups is 2. The van der Waals surface area contributed by atoms with Gasteiger partial charge in [0.2, 0.25) is 0 Å². The number of fused-ring (bicyclic) bond motifs is 5. The lowest BCUT2D eigenvalue weighted by molar-refractivity contribution is -0.346.